The van der Waals surface area contributed by atoms with Crippen LogP contribution >= 0.6 is 11.6 Å². The Balaban J connectivity index is 1.49. The Morgan fingerprint density at radius 2 is 1.97 bits per heavy atom. The number of nitrogens with one attached hydrogen (secondary N) is 1. The molecule has 2 heterocycles. The Labute approximate surface area is 170 Å². The molecular weight excluding hydrogens is 392 g/mol. The minimum absolute atomic E-state index is 0.00718. The van der Waals surface area contributed by atoms with E-state index in [0.717, 1.165) is 5.56 Å². The van der Waals surface area contributed by atoms with Gasteiger partial charge in [0.1, 0.15) is 22.1 Å². The molecule has 0 atom stereocenters. The van der Waals surface area contributed by atoms with E-state index in [0.29, 0.717) is 17.8 Å². The van der Waals surface area contributed by atoms with Gasteiger partial charge in [-0.2, -0.15) is 5.26 Å². The summed E-state index contributed by atoms with van der Waals surface area (Å²) >= 11 is 6.11. The van der Waals surface area contributed by atoms with Gasteiger partial charge in [-0.15, -0.1) is 5.10 Å². The fraction of sp³-hybridized carbons (Fsp3) is 0.100. The number of carbonyl (C=O) groups is 2. The molecule has 4 rings (SSSR count). The van der Waals surface area contributed by atoms with E-state index >= 15 is 0 Å². The summed E-state index contributed by atoms with van der Waals surface area (Å²) in [5.41, 5.74) is 2.19. The number of nitrogens with zero attached hydrogens (tertiary/aromatic N) is 5. The lowest BCUT2D eigenvalue weighted by Crippen LogP contribution is -2.29. The Hall–Kier alpha value is -3.83. The Morgan fingerprint density at radius 1 is 1.14 bits per heavy atom. The largest absolute Gasteiger partial charge is 0.375 e. The van der Waals surface area contributed by atoms with Crippen LogP contribution in [0.2, 0.25) is 0 Å². The monoisotopic (exact) mass is 404 g/mol. The lowest BCUT2D eigenvalue weighted by Gasteiger charge is -2.17. The maximum absolute atomic E-state index is 12.6. The molecular formula is C20H13ClN6O2. The van der Waals surface area contributed by atoms with Crippen molar-refractivity contribution in [3.8, 4) is 6.07 Å². The molecule has 0 spiro atoms. The maximum Gasteiger partial charge on any atom is 0.229 e. The van der Waals surface area contributed by atoms with Gasteiger partial charge in [-0.1, -0.05) is 35.0 Å². The Morgan fingerprint density at radius 3 is 2.79 bits per heavy atom. The second-order valence-corrected chi connectivity index (χ2v) is 6.65. The number of halogens is 1. The smallest absolute Gasteiger partial charge is 0.229 e. The van der Waals surface area contributed by atoms with Crippen molar-refractivity contribution in [3.63, 3.8) is 0 Å². The maximum atomic E-state index is 12.6. The van der Waals surface area contributed by atoms with Crippen molar-refractivity contribution in [1.82, 2.24) is 25.3 Å². The number of Topliss-reactive ketones (excluding diaryl/α,β-unsaturated/α-hetero) is 2. The molecule has 1 aliphatic carbocycles. The van der Waals surface area contributed by atoms with Crippen molar-refractivity contribution in [2.75, 3.05) is 0 Å². The summed E-state index contributed by atoms with van der Waals surface area (Å²) in [7, 11) is 0. The highest BCUT2D eigenvalue weighted by molar-refractivity contribution is 6.49. The SMILES string of the molecule is N#Cc1ccccc1Cn1cc(CNC2=C(Cl)C(=O)c3cccnc3C2=O)nn1. The summed E-state index contributed by atoms with van der Waals surface area (Å²) < 4.78 is 1.59. The van der Waals surface area contributed by atoms with E-state index in [2.05, 4.69) is 26.7 Å². The summed E-state index contributed by atoms with van der Waals surface area (Å²) in [6.07, 6.45) is 3.14. The zero-order valence-corrected chi connectivity index (χ0v) is 15.7. The fourth-order valence-corrected chi connectivity index (χ4v) is 3.25. The van der Waals surface area contributed by atoms with Crippen LogP contribution in [0.5, 0.6) is 0 Å². The first-order valence-corrected chi connectivity index (χ1v) is 9.01. The van der Waals surface area contributed by atoms with Crippen LogP contribution < -0.4 is 5.32 Å². The van der Waals surface area contributed by atoms with Gasteiger partial charge in [0.05, 0.1) is 36.5 Å². The Kier molecular flexibility index (Phi) is 4.89. The molecule has 0 saturated carbocycles. The quantitative estimate of drug-likeness (QED) is 0.693. The molecule has 29 heavy (non-hydrogen) atoms. The molecule has 8 nitrogen and oxygen atoms in total. The molecule has 0 radical (unpaired) electrons. The number of hydrogen-bond donors (Lipinski definition) is 1. The van der Waals surface area contributed by atoms with Crippen molar-refractivity contribution in [3.05, 3.63) is 87.6 Å². The second-order valence-electron chi connectivity index (χ2n) is 6.28. The molecule has 1 aliphatic rings. The highest BCUT2D eigenvalue weighted by atomic mass is 35.5. The van der Waals surface area contributed by atoms with Crippen LogP contribution in [0.1, 0.15) is 37.7 Å². The van der Waals surface area contributed by atoms with Gasteiger partial charge in [-0.3, -0.25) is 14.6 Å². The van der Waals surface area contributed by atoms with Crippen molar-refractivity contribution in [2.45, 2.75) is 13.1 Å². The highest BCUT2D eigenvalue weighted by Gasteiger charge is 2.32. The van der Waals surface area contributed by atoms with Gasteiger partial charge in [0.15, 0.2) is 0 Å². The van der Waals surface area contributed by atoms with Gasteiger partial charge in [-0.25, -0.2) is 4.68 Å². The standard InChI is InChI=1S/C20H13ClN6O2/c21-16-18(20(29)17-15(19(16)28)6-3-7-23-17)24-9-14-11-27(26-25-14)10-13-5-2-1-4-12(13)8-22/h1-7,11,24H,9-10H2. The van der Waals surface area contributed by atoms with Gasteiger partial charge in [-0.05, 0) is 23.8 Å². The first-order valence-electron chi connectivity index (χ1n) is 8.63. The van der Waals surface area contributed by atoms with Crippen LogP contribution in [0, 0.1) is 11.3 Å². The highest BCUT2D eigenvalue weighted by Crippen LogP contribution is 2.26. The summed E-state index contributed by atoms with van der Waals surface area (Å²) in [4.78, 5) is 29.0. The summed E-state index contributed by atoms with van der Waals surface area (Å²) in [5, 5.41) is 20.0. The van der Waals surface area contributed by atoms with Gasteiger partial charge < -0.3 is 5.32 Å². The lowest BCUT2D eigenvalue weighted by molar-refractivity contribution is 0.0970. The average molecular weight is 405 g/mol. The number of nitriles is 1. The normalized spacial score (nSPS) is 13.2. The molecule has 1 aromatic carbocycles. The van der Waals surface area contributed by atoms with Gasteiger partial charge >= 0.3 is 0 Å². The van der Waals surface area contributed by atoms with E-state index in [1.807, 2.05) is 12.1 Å². The molecule has 9 heteroatoms. The van der Waals surface area contributed by atoms with Crippen LogP contribution in [-0.2, 0) is 13.1 Å². The molecule has 2 aromatic heterocycles. The first-order chi connectivity index (χ1) is 14.1. The number of rotatable bonds is 5. The molecule has 0 bridgehead atoms. The minimum atomic E-state index is -0.450. The first kappa shape index (κ1) is 18.5. The van der Waals surface area contributed by atoms with Crippen molar-refractivity contribution >= 4 is 23.2 Å². The zero-order chi connectivity index (χ0) is 20.4. The van der Waals surface area contributed by atoms with Crippen LogP contribution in [0.4, 0.5) is 0 Å². The van der Waals surface area contributed by atoms with Gasteiger partial charge in [0, 0.05) is 6.20 Å². The van der Waals surface area contributed by atoms with Gasteiger partial charge in [0.25, 0.3) is 0 Å². The molecule has 0 amide bonds. The Bertz CT molecular complexity index is 1210. The molecule has 1 N–H and O–H groups in total. The minimum Gasteiger partial charge on any atom is -0.375 e. The predicted molar refractivity (Wildman–Crippen MR) is 103 cm³/mol. The third kappa shape index (κ3) is 3.51. The third-order valence-electron chi connectivity index (χ3n) is 4.42. The molecule has 0 unspecified atom stereocenters. The molecule has 3 aromatic rings. The summed E-state index contributed by atoms with van der Waals surface area (Å²) in [6, 6.07) is 12.5. The van der Waals surface area contributed by atoms with Crippen molar-refractivity contribution in [1.29, 1.82) is 5.26 Å². The number of benzene rings is 1. The van der Waals surface area contributed by atoms with Crippen molar-refractivity contribution < 1.29 is 9.59 Å². The van der Waals surface area contributed by atoms with Gasteiger partial charge in [0.2, 0.25) is 11.6 Å². The molecule has 0 saturated heterocycles. The molecule has 0 fully saturated rings. The molecule has 142 valence electrons. The van der Waals surface area contributed by atoms with E-state index in [9.17, 15) is 14.9 Å². The number of allylic oxidation sites excluding steroid dienone is 2. The average Bonchev–Trinajstić information content (AvgIpc) is 3.20. The number of ketones is 2. The summed E-state index contributed by atoms with van der Waals surface area (Å²) in [6.45, 7) is 0.529. The van der Waals surface area contributed by atoms with Crippen LogP contribution in [0.25, 0.3) is 0 Å². The predicted octanol–water partition coefficient (Wildman–Crippen LogP) is 2.21. The number of aromatic nitrogens is 4. The van der Waals surface area contributed by atoms with E-state index in [4.69, 9.17) is 11.6 Å². The van der Waals surface area contributed by atoms with E-state index < -0.39 is 11.6 Å². The van der Waals surface area contributed by atoms with E-state index in [1.165, 1.54) is 12.3 Å². The fourth-order valence-electron chi connectivity index (χ4n) is 2.99. The lowest BCUT2D eigenvalue weighted by atomic mass is 9.97. The van der Waals surface area contributed by atoms with Crippen LogP contribution in [0.3, 0.4) is 0 Å². The van der Waals surface area contributed by atoms with Crippen LogP contribution in [-0.4, -0.2) is 31.5 Å². The number of hydrogen-bond acceptors (Lipinski definition) is 7. The topological polar surface area (TPSA) is 114 Å². The second kappa shape index (κ2) is 7.66. The summed E-state index contributed by atoms with van der Waals surface area (Å²) in [5.74, 6) is -0.894. The number of carbonyl (C=O) groups excluding carboxylic acids is 2. The molecule has 0 aliphatic heterocycles. The van der Waals surface area contributed by atoms with Crippen LogP contribution in [0.15, 0.2) is 59.5 Å². The van der Waals surface area contributed by atoms with Crippen molar-refractivity contribution in [2.24, 2.45) is 0 Å². The van der Waals surface area contributed by atoms with E-state index in [-0.39, 0.29) is 28.5 Å². The number of pyridine rings is 1. The third-order valence-corrected chi connectivity index (χ3v) is 4.78. The van der Waals surface area contributed by atoms with E-state index in [1.54, 1.807) is 29.1 Å². The number of fused-ring (bicyclic) bond motifs is 1. The zero-order valence-electron chi connectivity index (χ0n) is 15.0.